The van der Waals surface area contributed by atoms with Gasteiger partial charge in [-0.05, 0) is 52.0 Å². The normalized spacial score (nSPS) is 13.9. The SMILES string of the molecule is CNC(=O)C(NC(=O)c1ccccc1C(F)(F)F)C(C)(C)OC(C)(C)C(NC(=O)c1ccccc1C(F)(F)F)C(=O)NC. The average Bonchev–Trinajstić information content (AvgIpc) is 2.91. The molecule has 0 radical (unpaired) electrons. The van der Waals surface area contributed by atoms with E-state index < -0.39 is 81.5 Å². The molecule has 2 unspecified atom stereocenters. The summed E-state index contributed by atoms with van der Waals surface area (Å²) in [6.07, 6.45) is -9.76. The maximum Gasteiger partial charge on any atom is 0.417 e. The Labute approximate surface area is 243 Å². The van der Waals surface area contributed by atoms with Gasteiger partial charge < -0.3 is 26.0 Å². The fourth-order valence-corrected chi connectivity index (χ4v) is 4.47. The molecule has 4 amide bonds. The summed E-state index contributed by atoms with van der Waals surface area (Å²) in [7, 11) is 2.41. The molecular formula is C28H32F6N4O5. The highest BCUT2D eigenvalue weighted by Gasteiger charge is 2.47. The van der Waals surface area contributed by atoms with Crippen LogP contribution in [0.2, 0.25) is 0 Å². The van der Waals surface area contributed by atoms with Gasteiger partial charge in [-0.25, -0.2) is 0 Å². The molecule has 236 valence electrons. The van der Waals surface area contributed by atoms with Crippen LogP contribution in [0.3, 0.4) is 0 Å². The van der Waals surface area contributed by atoms with Crippen molar-refractivity contribution in [1.29, 1.82) is 0 Å². The zero-order chi connectivity index (χ0) is 33.0. The number of benzene rings is 2. The summed E-state index contributed by atoms with van der Waals surface area (Å²) in [6.45, 7) is 5.19. The third-order valence-electron chi connectivity index (χ3n) is 6.44. The van der Waals surface area contributed by atoms with Crippen molar-refractivity contribution in [3.05, 3.63) is 70.8 Å². The molecule has 0 spiro atoms. The van der Waals surface area contributed by atoms with E-state index in [4.69, 9.17) is 4.74 Å². The first-order valence-corrected chi connectivity index (χ1v) is 12.7. The standard InChI is InChI=1S/C28H32F6N4O5/c1-25(2,19(23(41)35-5)37-21(39)15-11-7-9-13-17(15)27(29,30)31)43-26(3,4)20(24(42)36-6)38-22(40)16-12-8-10-14-18(16)28(32,33)34/h7-14,19-20H,1-6H3,(H,35,41)(H,36,42)(H,37,39)(H,38,40). The minimum atomic E-state index is -4.88. The first kappa shape index (κ1) is 35.1. The summed E-state index contributed by atoms with van der Waals surface area (Å²) >= 11 is 0. The number of halogens is 6. The topological polar surface area (TPSA) is 126 Å². The predicted octanol–water partition coefficient (Wildman–Crippen LogP) is 3.69. The lowest BCUT2D eigenvalue weighted by molar-refractivity contribution is -0.165. The Hall–Kier alpha value is -4.14. The van der Waals surface area contributed by atoms with Gasteiger partial charge in [-0.2, -0.15) is 26.3 Å². The van der Waals surface area contributed by atoms with Crippen LogP contribution in [0.4, 0.5) is 26.3 Å². The van der Waals surface area contributed by atoms with Crippen LogP contribution in [-0.2, 0) is 26.7 Å². The molecule has 0 aliphatic carbocycles. The third kappa shape index (κ3) is 8.46. The van der Waals surface area contributed by atoms with Crippen LogP contribution in [0.1, 0.15) is 59.5 Å². The number of nitrogens with one attached hydrogen (secondary N) is 4. The van der Waals surface area contributed by atoms with Crippen molar-refractivity contribution in [1.82, 2.24) is 21.3 Å². The van der Waals surface area contributed by atoms with Crippen molar-refractivity contribution in [2.45, 2.75) is 63.3 Å². The zero-order valence-electron chi connectivity index (χ0n) is 24.1. The molecule has 2 aromatic carbocycles. The highest BCUT2D eigenvalue weighted by molar-refractivity contribution is 6.00. The summed E-state index contributed by atoms with van der Waals surface area (Å²) < 4.78 is 87.2. The maximum atomic E-state index is 13.5. The molecular weight excluding hydrogens is 586 g/mol. The Morgan fingerprint density at radius 3 is 1.19 bits per heavy atom. The molecule has 0 bridgehead atoms. The van der Waals surface area contributed by atoms with Crippen LogP contribution in [0.5, 0.6) is 0 Å². The molecule has 43 heavy (non-hydrogen) atoms. The van der Waals surface area contributed by atoms with Gasteiger partial charge >= 0.3 is 12.4 Å². The van der Waals surface area contributed by atoms with Crippen LogP contribution in [0.25, 0.3) is 0 Å². The van der Waals surface area contributed by atoms with Crippen LogP contribution >= 0.6 is 0 Å². The highest BCUT2D eigenvalue weighted by Crippen LogP contribution is 2.34. The molecule has 4 N–H and O–H groups in total. The van der Waals surface area contributed by atoms with E-state index in [0.29, 0.717) is 12.1 Å². The molecule has 2 aromatic rings. The van der Waals surface area contributed by atoms with Gasteiger partial charge in [0.25, 0.3) is 11.8 Å². The predicted molar refractivity (Wildman–Crippen MR) is 143 cm³/mol. The van der Waals surface area contributed by atoms with E-state index in [1.165, 1.54) is 53.9 Å². The second-order valence-corrected chi connectivity index (χ2v) is 10.4. The second kappa shape index (κ2) is 13.0. The number of ether oxygens (including phenoxy) is 1. The van der Waals surface area contributed by atoms with Crippen LogP contribution in [0, 0.1) is 0 Å². The summed E-state index contributed by atoms with van der Waals surface area (Å²) in [5.41, 5.74) is -7.59. The van der Waals surface area contributed by atoms with Gasteiger partial charge in [0, 0.05) is 14.1 Å². The van der Waals surface area contributed by atoms with Crippen molar-refractivity contribution in [3.8, 4) is 0 Å². The van der Waals surface area contributed by atoms with Gasteiger partial charge in [0.05, 0.1) is 33.5 Å². The maximum absolute atomic E-state index is 13.5. The van der Waals surface area contributed by atoms with Gasteiger partial charge in [0.2, 0.25) is 11.8 Å². The van der Waals surface area contributed by atoms with Crippen molar-refractivity contribution < 1.29 is 50.3 Å². The number of carbonyl (C=O) groups excluding carboxylic acids is 4. The molecule has 0 saturated heterocycles. The fourth-order valence-electron chi connectivity index (χ4n) is 4.47. The van der Waals surface area contributed by atoms with E-state index in [1.54, 1.807) is 0 Å². The van der Waals surface area contributed by atoms with Crippen LogP contribution in [-0.4, -0.2) is 61.0 Å². The molecule has 0 heterocycles. The fraction of sp³-hybridized carbons (Fsp3) is 0.429. The Morgan fingerprint density at radius 2 is 0.907 bits per heavy atom. The molecule has 0 aliphatic rings. The minimum Gasteiger partial charge on any atom is -0.364 e. The average molecular weight is 619 g/mol. The molecule has 0 fully saturated rings. The van der Waals surface area contributed by atoms with E-state index >= 15 is 0 Å². The summed E-state index contributed by atoms with van der Waals surface area (Å²) in [5, 5.41) is 9.06. The number of hydrogen-bond donors (Lipinski definition) is 4. The number of amides is 4. The van der Waals surface area contributed by atoms with E-state index in [1.807, 2.05) is 0 Å². The Morgan fingerprint density at radius 1 is 0.605 bits per heavy atom. The number of hydrogen-bond acceptors (Lipinski definition) is 5. The second-order valence-electron chi connectivity index (χ2n) is 10.4. The molecule has 0 aromatic heterocycles. The van der Waals surface area contributed by atoms with Crippen molar-refractivity contribution in [3.63, 3.8) is 0 Å². The van der Waals surface area contributed by atoms with E-state index in [-0.39, 0.29) is 0 Å². The third-order valence-corrected chi connectivity index (χ3v) is 6.44. The van der Waals surface area contributed by atoms with Gasteiger partial charge in [-0.3, -0.25) is 19.2 Å². The first-order valence-electron chi connectivity index (χ1n) is 12.7. The van der Waals surface area contributed by atoms with Crippen LogP contribution < -0.4 is 21.3 Å². The van der Waals surface area contributed by atoms with Gasteiger partial charge in [-0.15, -0.1) is 0 Å². The first-order chi connectivity index (χ1) is 19.7. The summed E-state index contributed by atoms with van der Waals surface area (Å²) in [4.78, 5) is 51.7. The quantitative estimate of drug-likeness (QED) is 0.303. The zero-order valence-corrected chi connectivity index (χ0v) is 24.1. The lowest BCUT2D eigenvalue weighted by Crippen LogP contribution is -2.65. The van der Waals surface area contributed by atoms with E-state index in [2.05, 4.69) is 21.3 Å². The number of likely N-dealkylation sites (N-methyl/N-ethyl adjacent to an activating group) is 2. The minimum absolute atomic E-state index is 0.697. The molecule has 9 nitrogen and oxygen atoms in total. The molecule has 0 aliphatic heterocycles. The highest BCUT2D eigenvalue weighted by atomic mass is 19.4. The van der Waals surface area contributed by atoms with Gasteiger partial charge in [0.15, 0.2) is 0 Å². The lowest BCUT2D eigenvalue weighted by atomic mass is 9.91. The van der Waals surface area contributed by atoms with E-state index in [0.717, 1.165) is 24.3 Å². The monoisotopic (exact) mass is 618 g/mol. The molecule has 2 atom stereocenters. The van der Waals surface area contributed by atoms with Crippen molar-refractivity contribution in [2.75, 3.05) is 14.1 Å². The number of alkyl halides is 6. The summed E-state index contributed by atoms with van der Waals surface area (Å²) in [5.74, 6) is -4.26. The molecule has 2 rings (SSSR count). The van der Waals surface area contributed by atoms with Gasteiger partial charge in [-0.1, -0.05) is 24.3 Å². The smallest absolute Gasteiger partial charge is 0.364 e. The van der Waals surface area contributed by atoms with Gasteiger partial charge in [0.1, 0.15) is 12.1 Å². The number of carbonyl (C=O) groups is 4. The Kier molecular flexibility index (Phi) is 10.6. The summed E-state index contributed by atoms with van der Waals surface area (Å²) in [6, 6.07) is 4.52. The largest absolute Gasteiger partial charge is 0.417 e. The Balaban J connectivity index is 2.45. The van der Waals surface area contributed by atoms with Crippen molar-refractivity contribution in [2.24, 2.45) is 0 Å². The molecule has 15 heteroatoms. The van der Waals surface area contributed by atoms with Crippen LogP contribution in [0.15, 0.2) is 48.5 Å². The van der Waals surface area contributed by atoms with E-state index in [9.17, 15) is 45.5 Å². The van der Waals surface area contributed by atoms with Crippen molar-refractivity contribution >= 4 is 23.6 Å². The number of rotatable bonds is 10. The Bertz CT molecular complexity index is 1260. The molecule has 0 saturated carbocycles. The lowest BCUT2D eigenvalue weighted by Gasteiger charge is -2.43.